The van der Waals surface area contributed by atoms with E-state index in [0.717, 1.165) is 5.56 Å². The highest BCUT2D eigenvalue weighted by molar-refractivity contribution is 5.19. The van der Waals surface area contributed by atoms with E-state index in [2.05, 4.69) is 5.32 Å². The van der Waals surface area contributed by atoms with Crippen molar-refractivity contribution in [1.82, 2.24) is 10.2 Å². The van der Waals surface area contributed by atoms with Crippen molar-refractivity contribution in [3.05, 3.63) is 35.9 Å². The van der Waals surface area contributed by atoms with Gasteiger partial charge in [0.1, 0.15) is 0 Å². The van der Waals surface area contributed by atoms with Crippen molar-refractivity contribution in [3.8, 4) is 0 Å². The van der Waals surface area contributed by atoms with E-state index in [1.54, 1.807) is 4.90 Å². The zero-order valence-corrected chi connectivity index (χ0v) is 12.1. The molecule has 0 aliphatic heterocycles. The molecular weight excluding hydrogens is 262 g/mol. The third-order valence-electron chi connectivity index (χ3n) is 3.40. The summed E-state index contributed by atoms with van der Waals surface area (Å²) in [6.07, 6.45) is -2.38. The molecule has 5 heteroatoms. The van der Waals surface area contributed by atoms with Gasteiger partial charge in [-0.25, -0.2) is 8.78 Å². The van der Waals surface area contributed by atoms with Gasteiger partial charge in [-0.15, -0.1) is 0 Å². The van der Waals surface area contributed by atoms with Crippen LogP contribution in [0.5, 0.6) is 0 Å². The first-order valence-electron chi connectivity index (χ1n) is 6.92. The molecule has 2 N–H and O–H groups in total. The molecule has 0 saturated carbocycles. The predicted octanol–water partition coefficient (Wildman–Crippen LogP) is 2.14. The highest BCUT2D eigenvalue weighted by Gasteiger charge is 2.21. The van der Waals surface area contributed by atoms with E-state index < -0.39 is 6.43 Å². The van der Waals surface area contributed by atoms with Gasteiger partial charge in [0.05, 0.1) is 13.2 Å². The molecule has 20 heavy (non-hydrogen) atoms. The molecule has 3 nitrogen and oxygen atoms in total. The number of halogens is 2. The van der Waals surface area contributed by atoms with Crippen molar-refractivity contribution in [2.45, 2.75) is 19.4 Å². The Morgan fingerprint density at radius 1 is 1.20 bits per heavy atom. The lowest BCUT2D eigenvalue weighted by Gasteiger charge is -2.30. The van der Waals surface area contributed by atoms with Crippen molar-refractivity contribution < 1.29 is 13.9 Å². The minimum Gasteiger partial charge on any atom is -0.395 e. The maximum absolute atomic E-state index is 12.5. The molecule has 1 aromatic carbocycles. The van der Waals surface area contributed by atoms with Crippen LogP contribution in [0.3, 0.4) is 0 Å². The molecule has 1 aromatic rings. The van der Waals surface area contributed by atoms with Crippen LogP contribution in [0.25, 0.3) is 0 Å². The standard InChI is InChI=1S/C15H24F2N2O/c1-12(10-19(8-9-20)11-14(16)17)15(18-2)13-6-4-3-5-7-13/h3-7,12,14-15,18,20H,8-11H2,1-2H3. The Balaban J connectivity index is 2.67. The number of nitrogens with one attached hydrogen (secondary N) is 1. The van der Waals surface area contributed by atoms with Crippen LogP contribution in [0.15, 0.2) is 30.3 Å². The average Bonchev–Trinajstić information content (AvgIpc) is 2.40. The molecule has 0 aliphatic rings. The van der Waals surface area contributed by atoms with Crippen molar-refractivity contribution in [3.63, 3.8) is 0 Å². The first kappa shape index (κ1) is 17.0. The first-order chi connectivity index (χ1) is 9.58. The predicted molar refractivity (Wildman–Crippen MR) is 76.9 cm³/mol. The molecule has 0 amide bonds. The largest absolute Gasteiger partial charge is 0.395 e. The van der Waals surface area contributed by atoms with Crippen LogP contribution in [-0.2, 0) is 0 Å². The van der Waals surface area contributed by atoms with E-state index in [0.29, 0.717) is 6.54 Å². The fourth-order valence-corrected chi connectivity index (χ4v) is 2.55. The third-order valence-corrected chi connectivity index (χ3v) is 3.40. The second kappa shape index (κ2) is 9.00. The number of aliphatic hydroxyl groups is 1. The molecule has 0 saturated heterocycles. The highest BCUT2D eigenvalue weighted by atomic mass is 19.3. The SMILES string of the molecule is CNC(c1ccccc1)C(C)CN(CCO)CC(F)F. The Labute approximate surface area is 119 Å². The minimum atomic E-state index is -2.38. The van der Waals surface area contributed by atoms with Gasteiger partial charge in [0.25, 0.3) is 6.43 Å². The van der Waals surface area contributed by atoms with Crippen LogP contribution in [0, 0.1) is 5.92 Å². The van der Waals surface area contributed by atoms with E-state index in [1.807, 2.05) is 44.3 Å². The van der Waals surface area contributed by atoms with Crippen molar-refractivity contribution in [2.75, 3.05) is 33.3 Å². The highest BCUT2D eigenvalue weighted by Crippen LogP contribution is 2.22. The molecule has 0 radical (unpaired) electrons. The van der Waals surface area contributed by atoms with Gasteiger partial charge in [-0.1, -0.05) is 37.3 Å². The molecule has 0 aromatic heterocycles. The number of rotatable bonds is 9. The van der Waals surface area contributed by atoms with Crippen LogP contribution < -0.4 is 5.32 Å². The quantitative estimate of drug-likeness (QED) is 0.730. The molecule has 0 bridgehead atoms. The van der Waals surface area contributed by atoms with Crippen molar-refractivity contribution in [1.29, 1.82) is 0 Å². The monoisotopic (exact) mass is 286 g/mol. The lowest BCUT2D eigenvalue weighted by atomic mass is 9.94. The Hall–Kier alpha value is -1.04. The number of benzene rings is 1. The summed E-state index contributed by atoms with van der Waals surface area (Å²) in [5.41, 5.74) is 1.14. The Bertz CT molecular complexity index is 362. The first-order valence-corrected chi connectivity index (χ1v) is 6.92. The summed E-state index contributed by atoms with van der Waals surface area (Å²) < 4.78 is 25.1. The Morgan fingerprint density at radius 3 is 2.35 bits per heavy atom. The zero-order chi connectivity index (χ0) is 15.0. The maximum atomic E-state index is 12.5. The average molecular weight is 286 g/mol. The topological polar surface area (TPSA) is 35.5 Å². The fraction of sp³-hybridized carbons (Fsp3) is 0.600. The second-order valence-corrected chi connectivity index (χ2v) is 5.03. The molecule has 0 aliphatic carbocycles. The number of nitrogens with zero attached hydrogens (tertiary/aromatic N) is 1. The summed E-state index contributed by atoms with van der Waals surface area (Å²) in [4.78, 5) is 1.61. The van der Waals surface area contributed by atoms with E-state index in [-0.39, 0.29) is 31.7 Å². The van der Waals surface area contributed by atoms with E-state index >= 15 is 0 Å². The summed E-state index contributed by atoms with van der Waals surface area (Å²) in [5.74, 6) is 0.160. The fourth-order valence-electron chi connectivity index (χ4n) is 2.55. The minimum absolute atomic E-state index is 0.102. The van der Waals surface area contributed by atoms with Crippen molar-refractivity contribution >= 4 is 0 Å². The van der Waals surface area contributed by atoms with Crippen LogP contribution >= 0.6 is 0 Å². The second-order valence-electron chi connectivity index (χ2n) is 5.03. The number of hydrogen-bond acceptors (Lipinski definition) is 3. The normalized spacial score (nSPS) is 14.8. The van der Waals surface area contributed by atoms with Gasteiger partial charge in [-0.3, -0.25) is 4.90 Å². The lowest BCUT2D eigenvalue weighted by molar-refractivity contribution is 0.0678. The maximum Gasteiger partial charge on any atom is 0.251 e. The zero-order valence-electron chi connectivity index (χ0n) is 12.1. The summed E-state index contributed by atoms with van der Waals surface area (Å²) in [6.45, 7) is 2.43. The number of alkyl halides is 2. The van der Waals surface area contributed by atoms with Gasteiger partial charge in [0.15, 0.2) is 0 Å². The molecule has 2 atom stereocenters. The van der Waals surface area contributed by atoms with E-state index in [4.69, 9.17) is 5.11 Å². The summed E-state index contributed by atoms with van der Waals surface area (Å²) in [7, 11) is 1.87. The molecule has 0 fully saturated rings. The van der Waals surface area contributed by atoms with E-state index in [9.17, 15) is 8.78 Å². The third kappa shape index (κ3) is 5.53. The number of hydrogen-bond donors (Lipinski definition) is 2. The Kier molecular flexibility index (Phi) is 7.65. The van der Waals surface area contributed by atoms with Gasteiger partial charge < -0.3 is 10.4 Å². The number of aliphatic hydroxyl groups excluding tert-OH is 1. The Morgan fingerprint density at radius 2 is 1.85 bits per heavy atom. The van der Waals surface area contributed by atoms with Gasteiger partial charge in [0, 0.05) is 19.1 Å². The van der Waals surface area contributed by atoms with Crippen LogP contribution in [0.1, 0.15) is 18.5 Å². The summed E-state index contributed by atoms with van der Waals surface area (Å²) in [6, 6.07) is 10.1. The molecule has 114 valence electrons. The molecule has 0 heterocycles. The van der Waals surface area contributed by atoms with Gasteiger partial charge in [0.2, 0.25) is 0 Å². The van der Waals surface area contributed by atoms with Gasteiger partial charge in [-0.05, 0) is 18.5 Å². The van der Waals surface area contributed by atoms with Crippen LogP contribution in [0.2, 0.25) is 0 Å². The smallest absolute Gasteiger partial charge is 0.251 e. The van der Waals surface area contributed by atoms with Gasteiger partial charge in [-0.2, -0.15) is 0 Å². The molecular formula is C15H24F2N2O. The van der Waals surface area contributed by atoms with Crippen molar-refractivity contribution in [2.24, 2.45) is 5.92 Å². The van der Waals surface area contributed by atoms with E-state index in [1.165, 1.54) is 0 Å². The van der Waals surface area contributed by atoms with Crippen LogP contribution in [-0.4, -0.2) is 49.7 Å². The molecule has 2 unspecified atom stereocenters. The lowest BCUT2D eigenvalue weighted by Crippen LogP contribution is -2.38. The van der Waals surface area contributed by atoms with Gasteiger partial charge >= 0.3 is 0 Å². The molecule has 1 rings (SSSR count). The molecule has 0 spiro atoms. The summed E-state index contributed by atoms with van der Waals surface area (Å²) in [5, 5.41) is 12.2. The van der Waals surface area contributed by atoms with Crippen LogP contribution in [0.4, 0.5) is 8.78 Å². The summed E-state index contributed by atoms with van der Waals surface area (Å²) >= 11 is 0.